The highest BCUT2D eigenvalue weighted by Gasteiger charge is 2.08. The maximum atomic E-state index is 12.5. The first kappa shape index (κ1) is 22.0. The van der Waals surface area contributed by atoms with Gasteiger partial charge >= 0.3 is 0 Å². The Kier molecular flexibility index (Phi) is 6.17. The standard InChI is InChI=1S/C29H30N4O/c1-3-6-21-11-15-25-22(17-21)18-23(29(34)32-25)19-30-24-13-9-20(10-14-24)12-16-28-31-26-7-4-5-8-27(26)33(28)2/h4-5,7-11,13-15,17-18,30H,3,6,12,16,19H2,1-2H3,(H,32,34). The van der Waals surface area contributed by atoms with Gasteiger partial charge in [0.05, 0.1) is 11.0 Å². The molecular formula is C29H30N4O. The Balaban J connectivity index is 1.23. The van der Waals surface area contributed by atoms with Crippen LogP contribution in [0.4, 0.5) is 5.69 Å². The molecule has 5 nitrogen and oxygen atoms in total. The third-order valence-corrected chi connectivity index (χ3v) is 6.48. The van der Waals surface area contributed by atoms with Crippen molar-refractivity contribution in [1.29, 1.82) is 0 Å². The zero-order valence-electron chi connectivity index (χ0n) is 19.8. The van der Waals surface area contributed by atoms with E-state index in [0.29, 0.717) is 6.54 Å². The highest BCUT2D eigenvalue weighted by Crippen LogP contribution is 2.18. The van der Waals surface area contributed by atoms with E-state index in [0.717, 1.165) is 59.2 Å². The van der Waals surface area contributed by atoms with E-state index in [2.05, 4.69) is 83.4 Å². The van der Waals surface area contributed by atoms with Gasteiger partial charge in [-0.1, -0.05) is 43.7 Å². The molecule has 0 amide bonds. The number of fused-ring (bicyclic) bond motifs is 2. The van der Waals surface area contributed by atoms with Crippen molar-refractivity contribution < 1.29 is 0 Å². The highest BCUT2D eigenvalue weighted by atomic mass is 16.1. The zero-order chi connectivity index (χ0) is 23.5. The maximum absolute atomic E-state index is 12.5. The molecule has 172 valence electrons. The van der Waals surface area contributed by atoms with Crippen LogP contribution >= 0.6 is 0 Å². The lowest BCUT2D eigenvalue weighted by Gasteiger charge is -2.09. The average molecular weight is 451 g/mol. The second-order valence-electron chi connectivity index (χ2n) is 8.92. The van der Waals surface area contributed by atoms with Crippen molar-refractivity contribution in [3.8, 4) is 0 Å². The number of nitrogens with one attached hydrogen (secondary N) is 2. The number of rotatable bonds is 8. The van der Waals surface area contributed by atoms with Gasteiger partial charge in [-0.05, 0) is 71.8 Å². The minimum Gasteiger partial charge on any atom is -0.381 e. The van der Waals surface area contributed by atoms with Crippen molar-refractivity contribution in [2.45, 2.75) is 39.2 Å². The SMILES string of the molecule is CCCc1ccc2[nH]c(=O)c(CNc3ccc(CCc4nc5ccccc5n4C)cc3)cc2c1. The van der Waals surface area contributed by atoms with Crippen molar-refractivity contribution in [3.05, 3.63) is 106 Å². The van der Waals surface area contributed by atoms with Crippen LogP contribution in [0.2, 0.25) is 0 Å². The summed E-state index contributed by atoms with van der Waals surface area (Å²) in [6.07, 6.45) is 3.98. The molecule has 0 radical (unpaired) electrons. The van der Waals surface area contributed by atoms with E-state index in [4.69, 9.17) is 4.98 Å². The molecule has 5 aromatic rings. The summed E-state index contributed by atoms with van der Waals surface area (Å²) in [5.41, 5.74) is 7.38. The summed E-state index contributed by atoms with van der Waals surface area (Å²) >= 11 is 0. The van der Waals surface area contributed by atoms with E-state index in [1.54, 1.807) is 0 Å². The molecule has 0 bridgehead atoms. The van der Waals surface area contributed by atoms with E-state index >= 15 is 0 Å². The predicted molar refractivity (Wildman–Crippen MR) is 140 cm³/mol. The summed E-state index contributed by atoms with van der Waals surface area (Å²) < 4.78 is 2.18. The molecule has 0 aliphatic carbocycles. The summed E-state index contributed by atoms with van der Waals surface area (Å²) in [4.78, 5) is 20.3. The fourth-order valence-corrected chi connectivity index (χ4v) is 4.54. The van der Waals surface area contributed by atoms with Gasteiger partial charge in [-0.15, -0.1) is 0 Å². The Bertz CT molecular complexity index is 1490. The van der Waals surface area contributed by atoms with Crippen molar-refractivity contribution in [2.24, 2.45) is 7.05 Å². The molecule has 2 heterocycles. The van der Waals surface area contributed by atoms with Gasteiger partial charge in [0.25, 0.3) is 5.56 Å². The van der Waals surface area contributed by atoms with Gasteiger partial charge < -0.3 is 14.9 Å². The number of aromatic amines is 1. The largest absolute Gasteiger partial charge is 0.381 e. The van der Waals surface area contributed by atoms with Gasteiger partial charge in [0.2, 0.25) is 0 Å². The number of hydrogen-bond donors (Lipinski definition) is 2. The molecule has 0 spiro atoms. The molecule has 2 aromatic heterocycles. The van der Waals surface area contributed by atoms with E-state index in [9.17, 15) is 4.79 Å². The monoisotopic (exact) mass is 450 g/mol. The molecule has 0 saturated carbocycles. The molecule has 0 aliphatic rings. The van der Waals surface area contributed by atoms with Crippen molar-refractivity contribution in [3.63, 3.8) is 0 Å². The highest BCUT2D eigenvalue weighted by molar-refractivity contribution is 5.80. The number of hydrogen-bond acceptors (Lipinski definition) is 3. The lowest BCUT2D eigenvalue weighted by molar-refractivity contribution is 0.787. The summed E-state index contributed by atoms with van der Waals surface area (Å²) in [5, 5.41) is 4.48. The lowest BCUT2D eigenvalue weighted by atomic mass is 10.1. The van der Waals surface area contributed by atoms with Gasteiger partial charge in [0.1, 0.15) is 5.82 Å². The van der Waals surface area contributed by atoms with Gasteiger partial charge in [-0.3, -0.25) is 4.79 Å². The Hall–Kier alpha value is -3.86. The number of imidazole rings is 1. The van der Waals surface area contributed by atoms with Crippen LogP contribution in [0.5, 0.6) is 0 Å². The summed E-state index contributed by atoms with van der Waals surface area (Å²) in [6, 6.07) is 25.0. The first-order valence-corrected chi connectivity index (χ1v) is 12.0. The maximum Gasteiger partial charge on any atom is 0.253 e. The second kappa shape index (κ2) is 9.56. The second-order valence-corrected chi connectivity index (χ2v) is 8.92. The van der Waals surface area contributed by atoms with Gasteiger partial charge in [-0.2, -0.15) is 0 Å². The molecule has 3 aromatic carbocycles. The molecule has 34 heavy (non-hydrogen) atoms. The molecule has 0 saturated heterocycles. The Morgan fingerprint density at radius 3 is 2.50 bits per heavy atom. The first-order chi connectivity index (χ1) is 16.6. The summed E-state index contributed by atoms with van der Waals surface area (Å²) in [5.74, 6) is 1.10. The Morgan fingerprint density at radius 1 is 0.912 bits per heavy atom. The number of anilines is 1. The van der Waals surface area contributed by atoms with E-state index in [-0.39, 0.29) is 5.56 Å². The van der Waals surface area contributed by atoms with Crippen LogP contribution in [0.3, 0.4) is 0 Å². The minimum atomic E-state index is -0.0395. The third-order valence-electron chi connectivity index (χ3n) is 6.48. The average Bonchev–Trinajstić information content (AvgIpc) is 3.18. The van der Waals surface area contributed by atoms with Crippen LogP contribution in [0.1, 0.15) is 35.9 Å². The number of H-pyrrole nitrogens is 1. The smallest absolute Gasteiger partial charge is 0.253 e. The molecule has 0 unspecified atom stereocenters. The van der Waals surface area contributed by atoms with E-state index in [1.807, 2.05) is 18.2 Å². The number of benzene rings is 3. The number of para-hydroxylation sites is 2. The van der Waals surface area contributed by atoms with Crippen LogP contribution in [0.15, 0.2) is 77.6 Å². The molecule has 2 N–H and O–H groups in total. The van der Waals surface area contributed by atoms with Gasteiger partial charge in [0, 0.05) is 36.8 Å². The molecule has 0 atom stereocenters. The third kappa shape index (κ3) is 4.60. The van der Waals surface area contributed by atoms with Crippen LogP contribution in [-0.4, -0.2) is 14.5 Å². The predicted octanol–water partition coefficient (Wildman–Crippen LogP) is 5.76. The molecule has 5 rings (SSSR count). The quantitative estimate of drug-likeness (QED) is 0.316. The molecular weight excluding hydrogens is 420 g/mol. The molecule has 0 aliphatic heterocycles. The molecule has 0 fully saturated rings. The zero-order valence-corrected chi connectivity index (χ0v) is 19.8. The summed E-state index contributed by atoms with van der Waals surface area (Å²) in [6.45, 7) is 2.67. The van der Waals surface area contributed by atoms with Crippen LogP contribution < -0.4 is 10.9 Å². The molecule has 5 heteroatoms. The topological polar surface area (TPSA) is 62.7 Å². The van der Waals surface area contributed by atoms with Crippen LogP contribution in [0.25, 0.3) is 21.9 Å². The van der Waals surface area contributed by atoms with Crippen molar-refractivity contribution in [2.75, 3.05) is 5.32 Å². The lowest BCUT2D eigenvalue weighted by Crippen LogP contribution is -2.15. The van der Waals surface area contributed by atoms with E-state index in [1.165, 1.54) is 16.6 Å². The van der Waals surface area contributed by atoms with Gasteiger partial charge in [0.15, 0.2) is 0 Å². The fraction of sp³-hybridized carbons (Fsp3) is 0.241. The normalized spacial score (nSPS) is 11.4. The van der Waals surface area contributed by atoms with Crippen LogP contribution in [0, 0.1) is 0 Å². The first-order valence-electron chi connectivity index (χ1n) is 12.0. The van der Waals surface area contributed by atoms with Crippen LogP contribution in [-0.2, 0) is 32.9 Å². The number of nitrogens with zero attached hydrogens (tertiary/aromatic N) is 2. The fourth-order valence-electron chi connectivity index (χ4n) is 4.54. The van der Waals surface area contributed by atoms with Gasteiger partial charge in [-0.25, -0.2) is 4.98 Å². The number of pyridine rings is 1. The van der Waals surface area contributed by atoms with E-state index < -0.39 is 0 Å². The Morgan fingerprint density at radius 2 is 1.71 bits per heavy atom. The minimum absolute atomic E-state index is 0.0395. The van der Waals surface area contributed by atoms with Crippen molar-refractivity contribution in [1.82, 2.24) is 14.5 Å². The number of aromatic nitrogens is 3. The summed E-state index contributed by atoms with van der Waals surface area (Å²) in [7, 11) is 2.08. The van der Waals surface area contributed by atoms with Crippen molar-refractivity contribution >= 4 is 27.6 Å². The number of aryl methyl sites for hydroxylation is 4. The Labute approximate surface area is 199 Å².